The van der Waals surface area contributed by atoms with Crippen LogP contribution in [0.3, 0.4) is 0 Å². The number of nitrogens with one attached hydrogen (secondary N) is 1. The molecule has 3 aromatic rings. The summed E-state index contributed by atoms with van der Waals surface area (Å²) in [5, 5.41) is 7.27. The van der Waals surface area contributed by atoms with Gasteiger partial charge < -0.3 is 10.1 Å². The summed E-state index contributed by atoms with van der Waals surface area (Å²) >= 11 is 14.4. The molecule has 0 amide bonds. The van der Waals surface area contributed by atoms with Crippen LogP contribution in [-0.4, -0.2) is 12.0 Å². The fourth-order valence-electron chi connectivity index (χ4n) is 2.30. The first-order valence-corrected chi connectivity index (χ1v) is 9.51. The second-order valence-corrected chi connectivity index (χ2v) is 7.32. The zero-order valence-electron chi connectivity index (χ0n) is 13.9. The Morgan fingerprint density at radius 2 is 1.92 bits per heavy atom. The van der Waals surface area contributed by atoms with Crippen LogP contribution in [0.25, 0.3) is 11.3 Å². The molecule has 3 rings (SSSR count). The molecule has 25 heavy (non-hydrogen) atoms. The number of rotatable bonds is 6. The fraction of sp³-hybridized carbons (Fsp3) is 0.211. The first-order valence-electron chi connectivity index (χ1n) is 7.87. The van der Waals surface area contributed by atoms with Crippen LogP contribution in [-0.2, 0) is 6.61 Å². The highest BCUT2D eigenvalue weighted by atomic mass is 35.5. The lowest BCUT2D eigenvalue weighted by molar-refractivity contribution is 0.306. The van der Waals surface area contributed by atoms with Crippen molar-refractivity contribution in [2.45, 2.75) is 19.6 Å². The van der Waals surface area contributed by atoms with E-state index in [1.54, 1.807) is 17.4 Å². The molecule has 3 nitrogen and oxygen atoms in total. The molecule has 1 heterocycles. The topological polar surface area (TPSA) is 34.2 Å². The third-order valence-electron chi connectivity index (χ3n) is 3.86. The summed E-state index contributed by atoms with van der Waals surface area (Å²) in [5.41, 5.74) is 2.71. The minimum absolute atomic E-state index is 0.196. The van der Waals surface area contributed by atoms with E-state index in [2.05, 4.69) is 17.2 Å². The second kappa shape index (κ2) is 8.19. The van der Waals surface area contributed by atoms with Crippen molar-refractivity contribution in [2.24, 2.45) is 0 Å². The molecule has 0 fully saturated rings. The van der Waals surface area contributed by atoms with Crippen LogP contribution < -0.4 is 10.1 Å². The number of thiazole rings is 1. The van der Waals surface area contributed by atoms with Crippen LogP contribution >= 0.6 is 34.5 Å². The Morgan fingerprint density at radius 3 is 2.64 bits per heavy atom. The van der Waals surface area contributed by atoms with E-state index in [9.17, 15) is 0 Å². The van der Waals surface area contributed by atoms with Crippen molar-refractivity contribution in [3.8, 4) is 17.0 Å². The van der Waals surface area contributed by atoms with Gasteiger partial charge in [-0.05, 0) is 25.6 Å². The smallest absolute Gasteiger partial charge is 0.139 e. The zero-order chi connectivity index (χ0) is 17.8. The number of nitrogens with zero attached hydrogens (tertiary/aromatic N) is 1. The van der Waals surface area contributed by atoms with Gasteiger partial charge in [0, 0.05) is 17.0 Å². The van der Waals surface area contributed by atoms with E-state index in [-0.39, 0.29) is 6.04 Å². The molecular weight excluding hydrogens is 375 g/mol. The van der Waals surface area contributed by atoms with E-state index in [1.807, 2.05) is 48.8 Å². The lowest BCUT2D eigenvalue weighted by atomic mass is 10.1. The van der Waals surface area contributed by atoms with Crippen LogP contribution in [0, 0.1) is 0 Å². The van der Waals surface area contributed by atoms with Gasteiger partial charge in [-0.25, -0.2) is 4.98 Å². The minimum atomic E-state index is 0.196. The summed E-state index contributed by atoms with van der Waals surface area (Å²) in [6.45, 7) is 2.51. The van der Waals surface area contributed by atoms with E-state index < -0.39 is 0 Å². The SMILES string of the molecule is CNC(C)c1nc(-c2cc(Cl)c(OCc3ccccc3)cc2Cl)cs1. The van der Waals surface area contributed by atoms with Crippen LogP contribution in [0.4, 0.5) is 0 Å². The minimum Gasteiger partial charge on any atom is -0.487 e. The van der Waals surface area contributed by atoms with Crippen LogP contribution in [0.5, 0.6) is 5.75 Å². The third-order valence-corrected chi connectivity index (χ3v) is 5.50. The maximum Gasteiger partial charge on any atom is 0.139 e. The maximum absolute atomic E-state index is 6.45. The summed E-state index contributed by atoms with van der Waals surface area (Å²) in [6.07, 6.45) is 0. The largest absolute Gasteiger partial charge is 0.487 e. The van der Waals surface area contributed by atoms with E-state index >= 15 is 0 Å². The number of ether oxygens (including phenoxy) is 1. The monoisotopic (exact) mass is 392 g/mol. The molecule has 0 spiro atoms. The molecule has 2 aromatic carbocycles. The van der Waals surface area contributed by atoms with E-state index in [1.165, 1.54) is 0 Å². The molecule has 0 aliphatic rings. The predicted octanol–water partition coefficient (Wildman–Crippen LogP) is 5.98. The molecule has 0 bridgehead atoms. The lowest BCUT2D eigenvalue weighted by Crippen LogP contribution is -2.11. The van der Waals surface area contributed by atoms with Crippen LogP contribution in [0.15, 0.2) is 47.8 Å². The van der Waals surface area contributed by atoms with Crippen molar-refractivity contribution in [3.05, 3.63) is 68.5 Å². The van der Waals surface area contributed by atoms with Gasteiger partial charge in [0.05, 0.1) is 21.8 Å². The molecule has 0 aliphatic heterocycles. The van der Waals surface area contributed by atoms with Crippen molar-refractivity contribution < 1.29 is 4.74 Å². The van der Waals surface area contributed by atoms with Crippen molar-refractivity contribution in [1.82, 2.24) is 10.3 Å². The lowest BCUT2D eigenvalue weighted by Gasteiger charge is -2.11. The molecule has 0 saturated carbocycles. The zero-order valence-corrected chi connectivity index (χ0v) is 16.3. The fourth-order valence-corrected chi connectivity index (χ4v) is 3.66. The van der Waals surface area contributed by atoms with E-state index in [0.29, 0.717) is 22.4 Å². The van der Waals surface area contributed by atoms with Crippen molar-refractivity contribution in [1.29, 1.82) is 0 Å². The van der Waals surface area contributed by atoms with Crippen LogP contribution in [0.2, 0.25) is 10.0 Å². The highest BCUT2D eigenvalue weighted by Crippen LogP contribution is 2.38. The summed E-state index contributed by atoms with van der Waals surface area (Å²) in [4.78, 5) is 4.65. The summed E-state index contributed by atoms with van der Waals surface area (Å²) in [7, 11) is 1.91. The molecule has 1 atom stereocenters. The highest BCUT2D eigenvalue weighted by Gasteiger charge is 2.15. The molecule has 0 aliphatic carbocycles. The molecule has 1 N–H and O–H groups in total. The Kier molecular flexibility index (Phi) is 5.97. The average molecular weight is 393 g/mol. The predicted molar refractivity (Wildman–Crippen MR) is 106 cm³/mol. The second-order valence-electron chi connectivity index (χ2n) is 5.62. The number of halogens is 2. The number of hydrogen-bond donors (Lipinski definition) is 1. The Hall–Kier alpha value is -1.59. The maximum atomic E-state index is 6.45. The summed E-state index contributed by atoms with van der Waals surface area (Å²) in [5.74, 6) is 0.568. The van der Waals surface area contributed by atoms with Gasteiger partial charge in [0.15, 0.2) is 0 Å². The summed E-state index contributed by atoms with van der Waals surface area (Å²) < 4.78 is 5.81. The Bertz CT molecular complexity index is 852. The standard InChI is InChI=1S/C19H18Cl2N2OS/c1-12(22-2)19-23-17(11-25-19)14-8-16(21)18(9-15(14)20)24-10-13-6-4-3-5-7-13/h3-9,11-12,22H,10H2,1-2H3. The Balaban J connectivity index is 1.81. The van der Waals surface area contributed by atoms with E-state index in [0.717, 1.165) is 21.8 Å². The quantitative estimate of drug-likeness (QED) is 0.560. The van der Waals surface area contributed by atoms with Crippen molar-refractivity contribution in [3.63, 3.8) is 0 Å². The van der Waals surface area contributed by atoms with Crippen molar-refractivity contribution >= 4 is 34.5 Å². The van der Waals surface area contributed by atoms with Gasteiger partial charge in [0.25, 0.3) is 0 Å². The molecule has 0 saturated heterocycles. The molecule has 1 aromatic heterocycles. The number of hydrogen-bond acceptors (Lipinski definition) is 4. The first kappa shape index (κ1) is 18.2. The van der Waals surface area contributed by atoms with Crippen molar-refractivity contribution in [2.75, 3.05) is 7.05 Å². The van der Waals surface area contributed by atoms with Gasteiger partial charge in [-0.1, -0.05) is 53.5 Å². The summed E-state index contributed by atoms with van der Waals surface area (Å²) in [6, 6.07) is 13.7. The third kappa shape index (κ3) is 4.33. The average Bonchev–Trinajstić information content (AvgIpc) is 3.12. The molecule has 1 unspecified atom stereocenters. The Labute approximate surface area is 161 Å². The molecular formula is C19H18Cl2N2OS. The molecule has 6 heteroatoms. The molecule has 130 valence electrons. The van der Waals surface area contributed by atoms with Gasteiger partial charge >= 0.3 is 0 Å². The number of benzene rings is 2. The van der Waals surface area contributed by atoms with Crippen LogP contribution in [0.1, 0.15) is 23.5 Å². The highest BCUT2D eigenvalue weighted by molar-refractivity contribution is 7.10. The van der Waals surface area contributed by atoms with E-state index in [4.69, 9.17) is 27.9 Å². The van der Waals surface area contributed by atoms with Gasteiger partial charge in [0.1, 0.15) is 17.4 Å². The normalized spacial score (nSPS) is 12.2. The molecule has 0 radical (unpaired) electrons. The van der Waals surface area contributed by atoms with Gasteiger partial charge in [-0.3, -0.25) is 0 Å². The number of aromatic nitrogens is 1. The first-order chi connectivity index (χ1) is 12.1. The van der Waals surface area contributed by atoms with Gasteiger partial charge in [0.2, 0.25) is 0 Å². The Morgan fingerprint density at radius 1 is 1.16 bits per heavy atom. The van der Waals surface area contributed by atoms with Gasteiger partial charge in [-0.15, -0.1) is 11.3 Å². The van der Waals surface area contributed by atoms with Gasteiger partial charge in [-0.2, -0.15) is 0 Å².